The van der Waals surface area contributed by atoms with Crippen molar-refractivity contribution in [2.45, 2.75) is 48.4 Å². The molecular formula is C29H43N3O6S3. The van der Waals surface area contributed by atoms with E-state index in [4.69, 9.17) is 0 Å². The lowest BCUT2D eigenvalue weighted by Gasteiger charge is -2.42. The molecule has 0 spiro atoms. The quantitative estimate of drug-likeness (QED) is 0.375. The van der Waals surface area contributed by atoms with E-state index in [0.29, 0.717) is 32.6 Å². The van der Waals surface area contributed by atoms with Crippen LogP contribution >= 0.6 is 0 Å². The molecular weight excluding hydrogens is 583 g/mol. The fourth-order valence-electron chi connectivity index (χ4n) is 5.85. The minimum Gasteiger partial charge on any atom is -0.303 e. The van der Waals surface area contributed by atoms with Crippen molar-refractivity contribution in [2.75, 3.05) is 64.1 Å². The number of rotatable bonds is 11. The minimum absolute atomic E-state index is 0.0389. The molecule has 2 fully saturated rings. The van der Waals surface area contributed by atoms with Crippen LogP contribution in [0.1, 0.15) is 44.2 Å². The number of sulfone groups is 2. The Hall–Kier alpha value is -1.83. The van der Waals surface area contributed by atoms with E-state index in [2.05, 4.69) is 41.0 Å². The van der Waals surface area contributed by atoms with Gasteiger partial charge in [-0.05, 0) is 80.6 Å². The zero-order valence-corrected chi connectivity index (χ0v) is 26.7. The first-order valence-corrected chi connectivity index (χ1v) is 19.5. The molecule has 2 aliphatic rings. The summed E-state index contributed by atoms with van der Waals surface area (Å²) in [5.74, 6) is 0.0389. The van der Waals surface area contributed by atoms with E-state index in [1.54, 1.807) is 4.31 Å². The number of nitrogens with zero attached hydrogens (tertiary/aromatic N) is 3. The van der Waals surface area contributed by atoms with Crippen molar-refractivity contribution in [3.05, 3.63) is 60.2 Å². The third kappa shape index (κ3) is 8.61. The lowest BCUT2D eigenvalue weighted by atomic mass is 9.78. The monoisotopic (exact) mass is 625 g/mol. The van der Waals surface area contributed by atoms with Crippen LogP contribution in [0.4, 0.5) is 0 Å². The van der Waals surface area contributed by atoms with Gasteiger partial charge in [0.05, 0.1) is 21.8 Å². The molecule has 0 unspecified atom stereocenters. The first-order valence-electron chi connectivity index (χ1n) is 14.2. The predicted molar refractivity (Wildman–Crippen MR) is 162 cm³/mol. The standard InChI is InChI=1S/C29H43N3O6S3/c1-29(16-24-41(37,38)27-11-9-26(10-12-27)39(2,33)34)14-18-30(19-15-29)17-13-28(25-7-5-4-6-8-25)31-20-22-32(23-21-31)40(3,35)36/h4-12,28H,13-24H2,1-3H3/t28-/m0/s1. The van der Waals surface area contributed by atoms with Crippen molar-refractivity contribution < 1.29 is 25.3 Å². The largest absolute Gasteiger partial charge is 0.303 e. The van der Waals surface area contributed by atoms with E-state index in [0.717, 1.165) is 45.2 Å². The summed E-state index contributed by atoms with van der Waals surface area (Å²) in [4.78, 5) is 5.14. The Morgan fingerprint density at radius 3 is 1.85 bits per heavy atom. The topological polar surface area (TPSA) is 112 Å². The zero-order valence-electron chi connectivity index (χ0n) is 24.3. The van der Waals surface area contributed by atoms with Crippen molar-refractivity contribution in [3.63, 3.8) is 0 Å². The lowest BCUT2D eigenvalue weighted by Crippen LogP contribution is -2.49. The van der Waals surface area contributed by atoms with E-state index in [1.807, 2.05) is 6.07 Å². The average molecular weight is 626 g/mol. The average Bonchev–Trinajstić information content (AvgIpc) is 2.93. The molecule has 12 heteroatoms. The van der Waals surface area contributed by atoms with Crippen molar-refractivity contribution in [1.29, 1.82) is 0 Å². The highest BCUT2D eigenvalue weighted by Gasteiger charge is 2.33. The Balaban J connectivity index is 1.30. The van der Waals surface area contributed by atoms with E-state index in [1.165, 1.54) is 36.1 Å². The summed E-state index contributed by atoms with van der Waals surface area (Å²) < 4.78 is 74.9. The highest BCUT2D eigenvalue weighted by atomic mass is 32.2. The summed E-state index contributed by atoms with van der Waals surface area (Å²) in [6.45, 7) is 7.33. The maximum absolute atomic E-state index is 13.0. The van der Waals surface area contributed by atoms with Crippen LogP contribution in [0.5, 0.6) is 0 Å². The molecule has 41 heavy (non-hydrogen) atoms. The van der Waals surface area contributed by atoms with Crippen LogP contribution in [0.3, 0.4) is 0 Å². The van der Waals surface area contributed by atoms with Gasteiger partial charge in [0.2, 0.25) is 10.0 Å². The van der Waals surface area contributed by atoms with Gasteiger partial charge in [-0.3, -0.25) is 4.90 Å². The first-order chi connectivity index (χ1) is 19.2. The van der Waals surface area contributed by atoms with Crippen molar-refractivity contribution in [1.82, 2.24) is 14.1 Å². The molecule has 0 radical (unpaired) electrons. The van der Waals surface area contributed by atoms with Gasteiger partial charge in [-0.25, -0.2) is 25.3 Å². The van der Waals surface area contributed by atoms with E-state index in [9.17, 15) is 25.3 Å². The summed E-state index contributed by atoms with van der Waals surface area (Å²) in [5, 5.41) is 0. The van der Waals surface area contributed by atoms with Crippen LogP contribution in [-0.2, 0) is 29.7 Å². The Kier molecular flexibility index (Phi) is 10.0. The molecule has 9 nitrogen and oxygen atoms in total. The molecule has 0 N–H and O–H groups in total. The fourth-order valence-corrected chi connectivity index (χ4v) is 8.85. The number of hydrogen-bond acceptors (Lipinski definition) is 8. The van der Waals surface area contributed by atoms with Gasteiger partial charge in [-0.15, -0.1) is 0 Å². The van der Waals surface area contributed by atoms with Gasteiger partial charge < -0.3 is 4.90 Å². The number of piperazine rings is 1. The van der Waals surface area contributed by atoms with Crippen LogP contribution in [0.25, 0.3) is 0 Å². The summed E-state index contributed by atoms with van der Waals surface area (Å²) >= 11 is 0. The Labute approximate surface area is 246 Å². The van der Waals surface area contributed by atoms with Crippen LogP contribution < -0.4 is 0 Å². The predicted octanol–water partition coefficient (Wildman–Crippen LogP) is 3.06. The van der Waals surface area contributed by atoms with Gasteiger partial charge in [-0.1, -0.05) is 37.3 Å². The maximum atomic E-state index is 13.0. The van der Waals surface area contributed by atoms with Gasteiger partial charge in [0.25, 0.3) is 0 Å². The SMILES string of the molecule is CC1(CCS(=O)(=O)c2ccc(S(C)(=O)=O)cc2)CCN(CC[C@@H](c2ccccc2)N2CCN(S(C)(=O)=O)CC2)CC1. The maximum Gasteiger partial charge on any atom is 0.211 e. The molecule has 2 aromatic carbocycles. The number of piperidine rings is 1. The van der Waals surface area contributed by atoms with Crippen LogP contribution in [0.2, 0.25) is 0 Å². The Morgan fingerprint density at radius 1 is 0.756 bits per heavy atom. The zero-order chi connectivity index (χ0) is 29.9. The van der Waals surface area contributed by atoms with Gasteiger partial charge in [0.1, 0.15) is 0 Å². The molecule has 2 aromatic rings. The van der Waals surface area contributed by atoms with Crippen LogP contribution in [0.15, 0.2) is 64.4 Å². The van der Waals surface area contributed by atoms with Crippen LogP contribution in [-0.4, -0.2) is 103 Å². The Bertz CT molecular complexity index is 1480. The van der Waals surface area contributed by atoms with Gasteiger partial charge in [-0.2, -0.15) is 4.31 Å². The van der Waals surface area contributed by atoms with Gasteiger partial charge in [0, 0.05) is 38.5 Å². The molecule has 2 saturated heterocycles. The molecule has 4 rings (SSSR count). The van der Waals surface area contributed by atoms with Crippen molar-refractivity contribution in [3.8, 4) is 0 Å². The normalized spacial score (nSPS) is 20.6. The van der Waals surface area contributed by atoms with E-state index < -0.39 is 29.7 Å². The number of benzene rings is 2. The molecule has 1 atom stereocenters. The molecule has 228 valence electrons. The number of likely N-dealkylation sites (tertiary alicyclic amines) is 1. The summed E-state index contributed by atoms with van der Waals surface area (Å²) in [7, 11) is -10.1. The fraction of sp³-hybridized carbons (Fsp3) is 0.586. The van der Waals surface area contributed by atoms with E-state index >= 15 is 0 Å². The van der Waals surface area contributed by atoms with Crippen molar-refractivity contribution in [2.24, 2.45) is 5.41 Å². The molecule has 0 saturated carbocycles. The van der Waals surface area contributed by atoms with Crippen molar-refractivity contribution >= 4 is 29.7 Å². The molecule has 0 aromatic heterocycles. The first kappa shape index (κ1) is 32.1. The number of sulfonamides is 1. The van der Waals surface area contributed by atoms with Gasteiger partial charge >= 0.3 is 0 Å². The number of hydrogen-bond donors (Lipinski definition) is 0. The highest BCUT2D eigenvalue weighted by molar-refractivity contribution is 7.91. The van der Waals surface area contributed by atoms with Crippen LogP contribution in [0, 0.1) is 5.41 Å². The second kappa shape index (κ2) is 12.8. The molecule has 2 heterocycles. The Morgan fingerprint density at radius 2 is 1.32 bits per heavy atom. The summed E-state index contributed by atoms with van der Waals surface area (Å²) in [5.41, 5.74) is 1.17. The van der Waals surface area contributed by atoms with Gasteiger partial charge in [0.15, 0.2) is 19.7 Å². The summed E-state index contributed by atoms with van der Waals surface area (Å²) in [6.07, 6.45) is 5.71. The smallest absolute Gasteiger partial charge is 0.211 e. The third-order valence-electron chi connectivity index (χ3n) is 8.73. The second-order valence-electron chi connectivity index (χ2n) is 11.9. The minimum atomic E-state index is -3.51. The molecule has 2 aliphatic heterocycles. The molecule has 0 bridgehead atoms. The second-order valence-corrected chi connectivity index (χ2v) is 18.0. The lowest BCUT2D eigenvalue weighted by molar-refractivity contribution is 0.0894. The molecule has 0 aliphatic carbocycles. The summed E-state index contributed by atoms with van der Waals surface area (Å²) in [6, 6.07) is 16.1. The highest BCUT2D eigenvalue weighted by Crippen LogP contribution is 2.36. The third-order valence-corrected chi connectivity index (χ3v) is 12.9. The van der Waals surface area contributed by atoms with E-state index in [-0.39, 0.29) is 27.0 Å². The molecule has 0 amide bonds.